The van der Waals surface area contributed by atoms with E-state index in [0.29, 0.717) is 0 Å². The van der Waals surface area contributed by atoms with Crippen LogP contribution in [0.5, 0.6) is 0 Å². The number of nitrogens with zero attached hydrogens (tertiary/aromatic N) is 1. The van der Waals surface area contributed by atoms with Gasteiger partial charge in [0.15, 0.2) is 0 Å². The molecule has 0 bridgehead atoms. The van der Waals surface area contributed by atoms with Crippen LogP contribution in [0.4, 0.5) is 9.59 Å². The van der Waals surface area contributed by atoms with E-state index in [2.05, 4.69) is 0 Å². The smallest absolute Gasteiger partial charge is 0.420 e. The maximum Gasteiger partial charge on any atom is 0.420 e. The van der Waals surface area contributed by atoms with Crippen molar-refractivity contribution in [2.24, 2.45) is 0 Å². The van der Waals surface area contributed by atoms with Crippen molar-refractivity contribution in [1.29, 1.82) is 0 Å². The van der Waals surface area contributed by atoms with E-state index in [1.807, 2.05) is 42.5 Å². The van der Waals surface area contributed by atoms with E-state index < -0.39 is 23.4 Å². The van der Waals surface area contributed by atoms with Crippen molar-refractivity contribution in [3.8, 4) is 0 Å². The molecule has 140 valence electrons. The third-order valence-electron chi connectivity index (χ3n) is 3.44. The molecule has 2 aromatic rings. The summed E-state index contributed by atoms with van der Waals surface area (Å²) in [4.78, 5) is 26.3. The second kappa shape index (κ2) is 7.36. The summed E-state index contributed by atoms with van der Waals surface area (Å²) in [6, 6.07) is 13.6. The van der Waals surface area contributed by atoms with Gasteiger partial charge in [-0.05, 0) is 57.9 Å². The molecule has 0 aromatic heterocycles. The lowest BCUT2D eigenvalue weighted by atomic mass is 10.0. The average molecular weight is 357 g/mol. The van der Waals surface area contributed by atoms with Crippen LogP contribution in [0.3, 0.4) is 0 Å². The zero-order valence-electron chi connectivity index (χ0n) is 16.3. The zero-order valence-corrected chi connectivity index (χ0v) is 16.3. The molecule has 2 aromatic carbocycles. The second-order valence-corrected chi connectivity index (χ2v) is 8.19. The Morgan fingerprint density at radius 3 is 1.85 bits per heavy atom. The molecule has 5 heteroatoms. The summed E-state index contributed by atoms with van der Waals surface area (Å²) in [6.07, 6.45) is -1.45. The van der Waals surface area contributed by atoms with Crippen LogP contribution in [0.25, 0.3) is 10.8 Å². The van der Waals surface area contributed by atoms with E-state index in [-0.39, 0.29) is 6.54 Å². The quantitative estimate of drug-likeness (QED) is 0.711. The molecule has 0 saturated carbocycles. The molecule has 2 rings (SSSR count). The topological polar surface area (TPSA) is 55.8 Å². The van der Waals surface area contributed by atoms with E-state index in [1.165, 1.54) is 0 Å². The lowest BCUT2D eigenvalue weighted by Crippen LogP contribution is -2.43. The van der Waals surface area contributed by atoms with Gasteiger partial charge in [-0.3, -0.25) is 0 Å². The number of carbonyl (C=O) groups is 2. The Bertz CT molecular complexity index is 766. The standard InChI is InChI=1S/C21H27NO4/c1-20(2,3)25-18(23)22(19(24)26-21(4,5)6)14-16-12-9-11-15-10-7-8-13-17(15)16/h7-13H,14H2,1-6H3. The number of rotatable bonds is 2. The Hall–Kier alpha value is -2.56. The molecule has 0 aliphatic rings. The molecule has 0 atom stereocenters. The Balaban J connectivity index is 2.36. The minimum atomic E-state index is -0.723. The fourth-order valence-electron chi connectivity index (χ4n) is 2.44. The van der Waals surface area contributed by atoms with Crippen LogP contribution >= 0.6 is 0 Å². The van der Waals surface area contributed by atoms with Crippen molar-refractivity contribution in [1.82, 2.24) is 4.90 Å². The largest absolute Gasteiger partial charge is 0.443 e. The number of hydrogen-bond acceptors (Lipinski definition) is 4. The van der Waals surface area contributed by atoms with Crippen molar-refractivity contribution in [2.75, 3.05) is 0 Å². The summed E-state index contributed by atoms with van der Waals surface area (Å²) >= 11 is 0. The first-order chi connectivity index (χ1) is 12.0. The fourth-order valence-corrected chi connectivity index (χ4v) is 2.44. The van der Waals surface area contributed by atoms with Crippen molar-refractivity contribution in [2.45, 2.75) is 59.3 Å². The molecular formula is C21H27NO4. The number of amides is 2. The van der Waals surface area contributed by atoms with E-state index in [1.54, 1.807) is 41.5 Å². The van der Waals surface area contributed by atoms with Crippen molar-refractivity contribution >= 4 is 23.0 Å². The molecule has 2 amide bonds. The normalized spacial score (nSPS) is 11.9. The summed E-state index contributed by atoms with van der Waals surface area (Å²) in [5, 5.41) is 2.02. The van der Waals surface area contributed by atoms with Gasteiger partial charge in [0.05, 0.1) is 6.54 Å². The summed E-state index contributed by atoms with van der Waals surface area (Å²) in [5.74, 6) is 0. The van der Waals surface area contributed by atoms with E-state index in [0.717, 1.165) is 21.2 Å². The number of imide groups is 1. The first kappa shape index (κ1) is 19.8. The fraction of sp³-hybridized carbons (Fsp3) is 0.429. The highest BCUT2D eigenvalue weighted by Crippen LogP contribution is 2.22. The molecule has 0 saturated heterocycles. The molecule has 0 unspecified atom stereocenters. The number of benzene rings is 2. The maximum atomic E-state index is 12.6. The van der Waals surface area contributed by atoms with Crippen LogP contribution in [0, 0.1) is 0 Å². The van der Waals surface area contributed by atoms with E-state index >= 15 is 0 Å². The zero-order chi connectivity index (χ0) is 19.5. The van der Waals surface area contributed by atoms with Gasteiger partial charge in [0.2, 0.25) is 0 Å². The van der Waals surface area contributed by atoms with E-state index in [4.69, 9.17) is 9.47 Å². The molecule has 0 radical (unpaired) electrons. The van der Waals surface area contributed by atoms with Gasteiger partial charge < -0.3 is 9.47 Å². The third-order valence-corrected chi connectivity index (χ3v) is 3.44. The Morgan fingerprint density at radius 2 is 1.31 bits per heavy atom. The van der Waals surface area contributed by atoms with Gasteiger partial charge in [-0.1, -0.05) is 42.5 Å². The van der Waals surface area contributed by atoms with Gasteiger partial charge in [0, 0.05) is 0 Å². The number of hydrogen-bond donors (Lipinski definition) is 0. The molecule has 0 fully saturated rings. The van der Waals surface area contributed by atoms with Gasteiger partial charge in [-0.2, -0.15) is 0 Å². The van der Waals surface area contributed by atoms with Gasteiger partial charge >= 0.3 is 12.2 Å². The van der Waals surface area contributed by atoms with Crippen LogP contribution in [0.2, 0.25) is 0 Å². The first-order valence-electron chi connectivity index (χ1n) is 8.66. The van der Waals surface area contributed by atoms with Crippen molar-refractivity contribution in [3.63, 3.8) is 0 Å². The molecule has 0 aliphatic carbocycles. The van der Waals surface area contributed by atoms with Gasteiger partial charge in [-0.15, -0.1) is 0 Å². The van der Waals surface area contributed by atoms with Crippen molar-refractivity contribution < 1.29 is 19.1 Å². The predicted octanol–water partition coefficient (Wildman–Crippen LogP) is 5.51. The molecular weight excluding hydrogens is 330 g/mol. The molecule has 26 heavy (non-hydrogen) atoms. The lowest BCUT2D eigenvalue weighted by Gasteiger charge is -2.28. The van der Waals surface area contributed by atoms with Crippen LogP contribution in [0.1, 0.15) is 47.1 Å². The van der Waals surface area contributed by atoms with Gasteiger partial charge in [0.1, 0.15) is 11.2 Å². The molecule has 0 heterocycles. The Labute approximate surface area is 154 Å². The number of carbonyl (C=O) groups excluding carboxylic acids is 2. The second-order valence-electron chi connectivity index (χ2n) is 8.19. The minimum absolute atomic E-state index is 0.0746. The van der Waals surface area contributed by atoms with Crippen molar-refractivity contribution in [3.05, 3.63) is 48.0 Å². The van der Waals surface area contributed by atoms with Crippen LogP contribution in [0.15, 0.2) is 42.5 Å². The average Bonchev–Trinajstić information content (AvgIpc) is 2.49. The summed E-state index contributed by atoms with van der Waals surface area (Å²) in [5.41, 5.74) is -0.577. The predicted molar refractivity (Wildman–Crippen MR) is 102 cm³/mol. The molecule has 0 aliphatic heterocycles. The monoisotopic (exact) mass is 357 g/mol. The maximum absolute atomic E-state index is 12.6. The highest BCUT2D eigenvalue weighted by molar-refractivity contribution is 5.90. The van der Waals surface area contributed by atoms with Gasteiger partial charge in [0.25, 0.3) is 0 Å². The minimum Gasteiger partial charge on any atom is -0.443 e. The molecule has 0 N–H and O–H groups in total. The van der Waals surface area contributed by atoms with Crippen LogP contribution in [-0.2, 0) is 16.0 Å². The SMILES string of the molecule is CC(C)(C)OC(=O)N(Cc1cccc2ccccc12)C(=O)OC(C)(C)C. The highest BCUT2D eigenvalue weighted by atomic mass is 16.6. The summed E-state index contributed by atoms with van der Waals surface area (Å²) in [7, 11) is 0. The van der Waals surface area contributed by atoms with Crippen LogP contribution in [-0.4, -0.2) is 28.3 Å². The first-order valence-corrected chi connectivity index (χ1v) is 8.66. The molecule has 5 nitrogen and oxygen atoms in total. The van der Waals surface area contributed by atoms with E-state index in [9.17, 15) is 9.59 Å². The molecule has 0 spiro atoms. The third kappa shape index (κ3) is 5.48. The highest BCUT2D eigenvalue weighted by Gasteiger charge is 2.31. The summed E-state index contributed by atoms with van der Waals surface area (Å²) in [6.45, 7) is 10.6. The Kier molecular flexibility index (Phi) is 5.59. The van der Waals surface area contributed by atoms with Crippen LogP contribution < -0.4 is 0 Å². The van der Waals surface area contributed by atoms with Gasteiger partial charge in [-0.25, -0.2) is 14.5 Å². The summed E-state index contributed by atoms with van der Waals surface area (Å²) < 4.78 is 10.8. The lowest BCUT2D eigenvalue weighted by molar-refractivity contribution is -0.000163. The Morgan fingerprint density at radius 1 is 0.808 bits per heavy atom. The number of ether oxygens (including phenoxy) is 2. The number of fused-ring (bicyclic) bond motifs is 1.